The molecule has 0 bridgehead atoms. The Balaban J connectivity index is 0.00000364. The molecular weight excluding hydrogens is 384 g/mol. The van der Waals surface area contributed by atoms with Gasteiger partial charge in [0.05, 0.1) is 0 Å². The van der Waals surface area contributed by atoms with E-state index in [2.05, 4.69) is 20.9 Å². The third-order valence-corrected chi connectivity index (χ3v) is 5.07. The number of hydrogen-bond donors (Lipinski definition) is 3. The zero-order chi connectivity index (χ0) is 18.6. The van der Waals surface area contributed by atoms with E-state index in [1.54, 1.807) is 23.9 Å². The first-order chi connectivity index (χ1) is 12.7. The predicted octanol–water partition coefficient (Wildman–Crippen LogP) is 1.37. The summed E-state index contributed by atoms with van der Waals surface area (Å²) in [7, 11) is 0. The Kier molecular flexibility index (Phi) is 12.2. The van der Waals surface area contributed by atoms with Gasteiger partial charge in [-0.2, -0.15) is 11.8 Å². The number of carbonyl (C=O) groups excluding carboxylic acids is 2. The van der Waals surface area contributed by atoms with Crippen molar-refractivity contribution in [3.8, 4) is 0 Å². The van der Waals surface area contributed by atoms with Crippen LogP contribution < -0.4 is 16.0 Å². The zero-order valence-electron chi connectivity index (χ0n) is 15.9. The molecule has 3 N–H and O–H groups in total. The summed E-state index contributed by atoms with van der Waals surface area (Å²) in [6.45, 7) is 5.84. The van der Waals surface area contributed by atoms with Crippen molar-refractivity contribution < 1.29 is 9.59 Å². The number of benzene rings is 1. The van der Waals surface area contributed by atoms with Gasteiger partial charge in [0.15, 0.2) is 0 Å². The molecule has 1 aromatic carbocycles. The standard InChI is InChI=1S/C19H30N4O2S.ClH/c1-26-15-8-17(22-18(24)16-6-3-2-4-7-16)19(25)21-9-5-12-23-13-10-20-11-14-23;/h2-4,6-7,17,20H,5,8-15H2,1H3,(H,21,25)(H,22,24);1H. The van der Waals surface area contributed by atoms with Crippen LogP contribution >= 0.6 is 24.2 Å². The summed E-state index contributed by atoms with van der Waals surface area (Å²) in [4.78, 5) is 27.3. The lowest BCUT2D eigenvalue weighted by Gasteiger charge is -2.27. The van der Waals surface area contributed by atoms with Gasteiger partial charge in [0.1, 0.15) is 6.04 Å². The number of thioether (sulfide) groups is 1. The second kappa shape index (κ2) is 13.8. The highest BCUT2D eigenvalue weighted by Crippen LogP contribution is 2.04. The molecule has 152 valence electrons. The summed E-state index contributed by atoms with van der Waals surface area (Å²) in [5.74, 6) is 0.532. The maximum atomic E-state index is 12.5. The van der Waals surface area contributed by atoms with Crippen LogP contribution in [0.1, 0.15) is 23.2 Å². The molecule has 2 rings (SSSR count). The molecule has 0 radical (unpaired) electrons. The van der Waals surface area contributed by atoms with Crippen LogP contribution in [0.5, 0.6) is 0 Å². The van der Waals surface area contributed by atoms with Gasteiger partial charge in [-0.15, -0.1) is 12.4 Å². The molecule has 1 aromatic rings. The van der Waals surface area contributed by atoms with Crippen LogP contribution in [0.2, 0.25) is 0 Å². The van der Waals surface area contributed by atoms with E-state index in [-0.39, 0.29) is 24.2 Å². The molecule has 1 aliphatic rings. The molecule has 0 saturated carbocycles. The van der Waals surface area contributed by atoms with E-state index >= 15 is 0 Å². The van der Waals surface area contributed by atoms with Crippen LogP contribution in [0.3, 0.4) is 0 Å². The Bertz CT molecular complexity index is 556. The van der Waals surface area contributed by atoms with E-state index in [0.717, 1.165) is 44.9 Å². The molecular formula is C19H31ClN4O2S. The third-order valence-electron chi connectivity index (χ3n) is 4.43. The summed E-state index contributed by atoms with van der Waals surface area (Å²) >= 11 is 1.67. The quantitative estimate of drug-likeness (QED) is 0.504. The van der Waals surface area contributed by atoms with E-state index < -0.39 is 6.04 Å². The summed E-state index contributed by atoms with van der Waals surface area (Å²) in [6, 6.07) is 8.53. The molecule has 8 heteroatoms. The average Bonchev–Trinajstić information content (AvgIpc) is 2.69. The summed E-state index contributed by atoms with van der Waals surface area (Å²) in [5.41, 5.74) is 0.577. The number of halogens is 1. The number of hydrogen-bond acceptors (Lipinski definition) is 5. The Morgan fingerprint density at radius 2 is 1.93 bits per heavy atom. The molecule has 1 unspecified atom stereocenters. The zero-order valence-corrected chi connectivity index (χ0v) is 17.5. The predicted molar refractivity (Wildman–Crippen MR) is 115 cm³/mol. The molecule has 27 heavy (non-hydrogen) atoms. The van der Waals surface area contributed by atoms with Crippen molar-refractivity contribution >= 4 is 36.0 Å². The topological polar surface area (TPSA) is 73.5 Å². The van der Waals surface area contributed by atoms with Gasteiger partial charge in [0, 0.05) is 38.3 Å². The number of carbonyl (C=O) groups is 2. The Morgan fingerprint density at radius 3 is 2.59 bits per heavy atom. The number of rotatable bonds is 10. The van der Waals surface area contributed by atoms with Crippen LogP contribution in [0.15, 0.2) is 30.3 Å². The van der Waals surface area contributed by atoms with E-state index in [0.29, 0.717) is 18.5 Å². The molecule has 0 aliphatic carbocycles. The Labute approximate surface area is 172 Å². The second-order valence-corrected chi connectivity index (χ2v) is 7.40. The van der Waals surface area contributed by atoms with Gasteiger partial charge in [-0.25, -0.2) is 0 Å². The fraction of sp³-hybridized carbons (Fsp3) is 0.579. The van der Waals surface area contributed by atoms with Gasteiger partial charge in [0.25, 0.3) is 5.91 Å². The fourth-order valence-corrected chi connectivity index (χ4v) is 3.38. The fourth-order valence-electron chi connectivity index (χ4n) is 2.91. The van der Waals surface area contributed by atoms with E-state index in [1.807, 2.05) is 24.5 Å². The van der Waals surface area contributed by atoms with E-state index in [4.69, 9.17) is 0 Å². The average molecular weight is 415 g/mol. The van der Waals surface area contributed by atoms with Crippen molar-refractivity contribution in [2.24, 2.45) is 0 Å². The van der Waals surface area contributed by atoms with Crippen LogP contribution in [-0.4, -0.2) is 74.0 Å². The molecule has 1 atom stereocenters. The van der Waals surface area contributed by atoms with Crippen LogP contribution in [-0.2, 0) is 4.79 Å². The normalized spacial score (nSPS) is 15.4. The first-order valence-electron chi connectivity index (χ1n) is 9.26. The van der Waals surface area contributed by atoms with Gasteiger partial charge < -0.3 is 20.9 Å². The SMILES string of the molecule is CSCCC(NC(=O)c1ccccc1)C(=O)NCCCN1CCNCC1.Cl. The minimum Gasteiger partial charge on any atom is -0.354 e. The lowest BCUT2D eigenvalue weighted by Crippen LogP contribution is -2.48. The van der Waals surface area contributed by atoms with Crippen molar-refractivity contribution in [1.29, 1.82) is 0 Å². The lowest BCUT2D eigenvalue weighted by molar-refractivity contribution is -0.123. The molecule has 1 heterocycles. The van der Waals surface area contributed by atoms with E-state index in [1.165, 1.54) is 0 Å². The summed E-state index contributed by atoms with van der Waals surface area (Å²) in [5, 5.41) is 9.19. The maximum Gasteiger partial charge on any atom is 0.251 e. The highest BCUT2D eigenvalue weighted by Gasteiger charge is 2.20. The maximum absolute atomic E-state index is 12.5. The molecule has 0 spiro atoms. The first-order valence-corrected chi connectivity index (χ1v) is 10.7. The van der Waals surface area contributed by atoms with Crippen LogP contribution in [0, 0.1) is 0 Å². The highest BCUT2D eigenvalue weighted by atomic mass is 35.5. The van der Waals surface area contributed by atoms with Gasteiger partial charge in [-0.1, -0.05) is 18.2 Å². The highest BCUT2D eigenvalue weighted by molar-refractivity contribution is 7.98. The molecule has 1 aliphatic heterocycles. The van der Waals surface area contributed by atoms with Gasteiger partial charge >= 0.3 is 0 Å². The monoisotopic (exact) mass is 414 g/mol. The van der Waals surface area contributed by atoms with Crippen molar-refractivity contribution in [3.63, 3.8) is 0 Å². The van der Waals surface area contributed by atoms with E-state index in [9.17, 15) is 9.59 Å². The molecule has 0 aromatic heterocycles. The number of amides is 2. The van der Waals surface area contributed by atoms with Crippen molar-refractivity contribution in [3.05, 3.63) is 35.9 Å². The van der Waals surface area contributed by atoms with Crippen molar-refractivity contribution in [1.82, 2.24) is 20.9 Å². The Morgan fingerprint density at radius 1 is 1.22 bits per heavy atom. The van der Waals surface area contributed by atoms with Crippen molar-refractivity contribution in [2.75, 3.05) is 51.3 Å². The smallest absolute Gasteiger partial charge is 0.251 e. The molecule has 2 amide bonds. The van der Waals surface area contributed by atoms with Crippen LogP contribution in [0.25, 0.3) is 0 Å². The minimum absolute atomic E-state index is 0. The second-order valence-electron chi connectivity index (χ2n) is 6.41. The largest absolute Gasteiger partial charge is 0.354 e. The third kappa shape index (κ3) is 8.97. The molecule has 1 saturated heterocycles. The molecule has 6 nitrogen and oxygen atoms in total. The van der Waals surface area contributed by atoms with Gasteiger partial charge in [0.2, 0.25) is 5.91 Å². The van der Waals surface area contributed by atoms with Gasteiger partial charge in [-0.3, -0.25) is 9.59 Å². The Hall–Kier alpha value is -1.28. The van der Waals surface area contributed by atoms with Crippen LogP contribution in [0.4, 0.5) is 0 Å². The minimum atomic E-state index is -0.491. The van der Waals surface area contributed by atoms with Crippen molar-refractivity contribution in [2.45, 2.75) is 18.9 Å². The number of nitrogens with zero attached hydrogens (tertiary/aromatic N) is 1. The number of nitrogens with one attached hydrogen (secondary N) is 3. The van der Waals surface area contributed by atoms with Gasteiger partial charge in [-0.05, 0) is 43.5 Å². The summed E-state index contributed by atoms with van der Waals surface area (Å²) in [6.07, 6.45) is 3.55. The lowest BCUT2D eigenvalue weighted by atomic mass is 10.1. The summed E-state index contributed by atoms with van der Waals surface area (Å²) < 4.78 is 0. The number of piperazine rings is 1. The first kappa shape index (κ1) is 23.8. The molecule has 1 fully saturated rings.